The van der Waals surface area contributed by atoms with Gasteiger partial charge in [-0.3, -0.25) is 4.79 Å². The molecule has 1 aliphatic rings. The quantitative estimate of drug-likeness (QED) is 0.747. The van der Waals surface area contributed by atoms with Crippen LogP contribution in [0, 0.1) is 6.92 Å². The molecule has 0 saturated carbocycles. The summed E-state index contributed by atoms with van der Waals surface area (Å²) in [7, 11) is 0. The third kappa shape index (κ3) is 3.04. The highest BCUT2D eigenvalue weighted by molar-refractivity contribution is 5.99. The van der Waals surface area contributed by atoms with Gasteiger partial charge in [0.15, 0.2) is 0 Å². The van der Waals surface area contributed by atoms with Crippen LogP contribution in [-0.2, 0) is 0 Å². The van der Waals surface area contributed by atoms with Crippen molar-refractivity contribution in [3.05, 3.63) is 34.4 Å². The summed E-state index contributed by atoms with van der Waals surface area (Å²) in [5.74, 6) is -0.360. The summed E-state index contributed by atoms with van der Waals surface area (Å²) in [5, 5.41) is 23.5. The molecule has 3 N–H and O–H groups in total. The maximum Gasteiger partial charge on any atom is 0.255 e. The van der Waals surface area contributed by atoms with E-state index in [9.17, 15) is 15.0 Å². The number of nitrogens with one attached hydrogen (secondary N) is 1. The van der Waals surface area contributed by atoms with Crippen molar-refractivity contribution in [2.75, 3.05) is 6.54 Å². The van der Waals surface area contributed by atoms with Crippen molar-refractivity contribution in [3.63, 3.8) is 0 Å². The topological polar surface area (TPSA) is 69.6 Å². The van der Waals surface area contributed by atoms with Crippen molar-refractivity contribution in [2.45, 2.75) is 46.0 Å². The molecule has 0 spiro atoms. The van der Waals surface area contributed by atoms with Gasteiger partial charge in [0.2, 0.25) is 0 Å². The first-order valence-electron chi connectivity index (χ1n) is 7.46. The van der Waals surface area contributed by atoms with Crippen molar-refractivity contribution >= 4 is 5.91 Å². The average molecular weight is 289 g/mol. The average Bonchev–Trinajstić information content (AvgIpc) is 2.38. The van der Waals surface area contributed by atoms with Crippen LogP contribution in [0.25, 0.3) is 0 Å². The summed E-state index contributed by atoms with van der Waals surface area (Å²) < 4.78 is 0. The predicted octanol–water partition coefficient (Wildman–Crippen LogP) is 3.37. The van der Waals surface area contributed by atoms with Crippen molar-refractivity contribution in [3.8, 4) is 11.5 Å². The molecule has 0 fully saturated rings. The number of aryl methyl sites for hydroxylation is 1. The largest absolute Gasteiger partial charge is 0.507 e. The highest BCUT2D eigenvalue weighted by Crippen LogP contribution is 2.43. The Hall–Kier alpha value is -1.97. The van der Waals surface area contributed by atoms with E-state index in [1.807, 2.05) is 6.92 Å². The van der Waals surface area contributed by atoms with Gasteiger partial charge >= 0.3 is 0 Å². The second kappa shape index (κ2) is 6.20. The molecule has 1 unspecified atom stereocenters. The zero-order valence-corrected chi connectivity index (χ0v) is 12.9. The number of aromatic hydroxyl groups is 2. The van der Waals surface area contributed by atoms with Gasteiger partial charge < -0.3 is 15.5 Å². The summed E-state index contributed by atoms with van der Waals surface area (Å²) in [4.78, 5) is 12.1. The van der Waals surface area contributed by atoms with Crippen LogP contribution in [0.2, 0.25) is 0 Å². The van der Waals surface area contributed by atoms with Gasteiger partial charge in [-0.25, -0.2) is 0 Å². The van der Waals surface area contributed by atoms with E-state index in [-0.39, 0.29) is 28.9 Å². The van der Waals surface area contributed by atoms with Gasteiger partial charge in [-0.1, -0.05) is 11.6 Å². The number of rotatable bonds is 3. The highest BCUT2D eigenvalue weighted by atomic mass is 16.3. The number of hydrogen-bond acceptors (Lipinski definition) is 3. The number of benzene rings is 1. The predicted molar refractivity (Wildman–Crippen MR) is 82.9 cm³/mol. The molecule has 1 aromatic carbocycles. The molecule has 1 amide bonds. The van der Waals surface area contributed by atoms with Crippen LogP contribution < -0.4 is 5.32 Å². The lowest BCUT2D eigenvalue weighted by atomic mass is 9.83. The lowest BCUT2D eigenvalue weighted by Crippen LogP contribution is -2.24. The first-order valence-corrected chi connectivity index (χ1v) is 7.46. The lowest BCUT2D eigenvalue weighted by Gasteiger charge is -2.23. The van der Waals surface area contributed by atoms with E-state index < -0.39 is 0 Å². The minimum absolute atomic E-state index is 0.0347. The molecule has 1 atom stereocenters. The monoisotopic (exact) mass is 289 g/mol. The van der Waals surface area contributed by atoms with E-state index in [4.69, 9.17) is 0 Å². The highest BCUT2D eigenvalue weighted by Gasteiger charge is 2.26. The Morgan fingerprint density at radius 1 is 1.38 bits per heavy atom. The fourth-order valence-corrected chi connectivity index (χ4v) is 3.04. The van der Waals surface area contributed by atoms with Crippen molar-refractivity contribution < 1.29 is 15.0 Å². The van der Waals surface area contributed by atoms with Gasteiger partial charge in [0, 0.05) is 18.0 Å². The number of allylic oxidation sites excluding steroid dienone is 2. The molecule has 0 aliphatic heterocycles. The van der Waals surface area contributed by atoms with Crippen molar-refractivity contribution in [1.29, 1.82) is 0 Å². The van der Waals surface area contributed by atoms with Crippen LogP contribution >= 0.6 is 0 Å². The molecule has 114 valence electrons. The maximum atomic E-state index is 12.1. The molecule has 0 heterocycles. The summed E-state index contributed by atoms with van der Waals surface area (Å²) in [5.41, 5.74) is 2.57. The van der Waals surface area contributed by atoms with Crippen LogP contribution in [0.1, 0.15) is 60.5 Å². The van der Waals surface area contributed by atoms with Gasteiger partial charge in [0.25, 0.3) is 5.91 Å². The van der Waals surface area contributed by atoms with Crippen LogP contribution in [-0.4, -0.2) is 22.7 Å². The molecule has 0 bridgehead atoms. The molecule has 2 rings (SSSR count). The van der Waals surface area contributed by atoms with Gasteiger partial charge in [-0.05, 0) is 51.7 Å². The normalized spacial score (nSPS) is 18.2. The maximum absolute atomic E-state index is 12.1. The Kier molecular flexibility index (Phi) is 4.56. The zero-order chi connectivity index (χ0) is 15.6. The van der Waals surface area contributed by atoms with E-state index in [1.54, 1.807) is 13.0 Å². The minimum atomic E-state index is -0.301. The second-order valence-corrected chi connectivity index (χ2v) is 5.72. The molecule has 1 aromatic rings. The van der Waals surface area contributed by atoms with Crippen molar-refractivity contribution in [2.24, 2.45) is 0 Å². The molecule has 0 radical (unpaired) electrons. The fraction of sp³-hybridized carbons (Fsp3) is 0.471. The molecular weight excluding hydrogens is 266 g/mol. The molecule has 0 saturated heterocycles. The molecule has 1 aliphatic carbocycles. The van der Waals surface area contributed by atoms with E-state index in [2.05, 4.69) is 18.3 Å². The second-order valence-electron chi connectivity index (χ2n) is 5.72. The summed E-state index contributed by atoms with van der Waals surface area (Å²) in [6, 6.07) is 1.57. The number of amides is 1. The molecule has 4 heteroatoms. The number of phenolic OH excluding ortho intramolecular Hbond substituents is 2. The number of carbonyl (C=O) groups excluding carboxylic acids is 1. The number of phenols is 2. The van der Waals surface area contributed by atoms with Crippen LogP contribution in [0.4, 0.5) is 0 Å². The van der Waals surface area contributed by atoms with Gasteiger partial charge in [0.1, 0.15) is 11.5 Å². The third-order valence-electron chi connectivity index (χ3n) is 4.02. The smallest absolute Gasteiger partial charge is 0.255 e. The van der Waals surface area contributed by atoms with E-state index in [0.717, 1.165) is 19.3 Å². The van der Waals surface area contributed by atoms with Crippen LogP contribution in [0.3, 0.4) is 0 Å². The van der Waals surface area contributed by atoms with Crippen LogP contribution in [0.5, 0.6) is 11.5 Å². The molecule has 21 heavy (non-hydrogen) atoms. The lowest BCUT2D eigenvalue weighted by molar-refractivity contribution is 0.0952. The molecule has 4 nitrogen and oxygen atoms in total. The zero-order valence-electron chi connectivity index (χ0n) is 12.9. The SMILES string of the molecule is CCNC(=O)c1c(C)cc(O)c(C2C=C(C)CCC2)c1O. The first-order chi connectivity index (χ1) is 9.95. The fourth-order valence-electron chi connectivity index (χ4n) is 3.04. The van der Waals surface area contributed by atoms with E-state index in [0.29, 0.717) is 17.7 Å². The minimum Gasteiger partial charge on any atom is -0.507 e. The Morgan fingerprint density at radius 3 is 2.71 bits per heavy atom. The van der Waals surface area contributed by atoms with Gasteiger partial charge in [-0.15, -0.1) is 0 Å². The third-order valence-corrected chi connectivity index (χ3v) is 4.02. The Labute approximate surface area is 125 Å². The summed E-state index contributed by atoms with van der Waals surface area (Å²) in [6.07, 6.45) is 5.02. The van der Waals surface area contributed by atoms with E-state index >= 15 is 0 Å². The van der Waals surface area contributed by atoms with Crippen molar-refractivity contribution in [1.82, 2.24) is 5.32 Å². The Balaban J connectivity index is 2.54. The number of carbonyl (C=O) groups is 1. The Morgan fingerprint density at radius 2 is 2.10 bits per heavy atom. The molecular formula is C17H23NO3. The Bertz CT molecular complexity index is 590. The standard InChI is InChI=1S/C17H23NO3/c1-4-18-17(21)14-11(3)9-13(19)15(16(14)20)12-7-5-6-10(2)8-12/h8-9,12,19-20H,4-7H2,1-3H3,(H,18,21). The summed E-state index contributed by atoms with van der Waals surface area (Å²) >= 11 is 0. The number of hydrogen-bond donors (Lipinski definition) is 3. The molecule has 0 aromatic heterocycles. The van der Waals surface area contributed by atoms with Gasteiger partial charge in [-0.2, -0.15) is 0 Å². The first kappa shape index (κ1) is 15.4. The van der Waals surface area contributed by atoms with Crippen LogP contribution in [0.15, 0.2) is 17.7 Å². The summed E-state index contributed by atoms with van der Waals surface area (Å²) in [6.45, 7) is 6.10. The van der Waals surface area contributed by atoms with E-state index in [1.165, 1.54) is 5.57 Å². The van der Waals surface area contributed by atoms with Gasteiger partial charge in [0.05, 0.1) is 5.56 Å².